The summed E-state index contributed by atoms with van der Waals surface area (Å²) in [5.41, 5.74) is 2.09. The highest BCUT2D eigenvalue weighted by atomic mass is 79.9. The number of aryl methyl sites for hydroxylation is 1. The predicted octanol–water partition coefficient (Wildman–Crippen LogP) is 5.08. The Bertz CT molecular complexity index is 1190. The minimum Gasteiger partial charge on any atom is -0.321 e. The molecule has 0 saturated heterocycles. The second kappa shape index (κ2) is 9.82. The summed E-state index contributed by atoms with van der Waals surface area (Å²) in [6.07, 6.45) is 1.40. The smallest absolute Gasteiger partial charge is 0.272 e. The van der Waals surface area contributed by atoms with E-state index in [9.17, 15) is 19.7 Å². The van der Waals surface area contributed by atoms with E-state index in [0.717, 1.165) is 5.56 Å². The molecule has 2 amide bonds. The molecular formula is C23H18BrN3O4. The fourth-order valence-corrected chi connectivity index (χ4v) is 3.27. The van der Waals surface area contributed by atoms with E-state index in [1.165, 1.54) is 24.3 Å². The van der Waals surface area contributed by atoms with E-state index < -0.39 is 16.7 Å². The van der Waals surface area contributed by atoms with Gasteiger partial charge in [0.25, 0.3) is 17.5 Å². The van der Waals surface area contributed by atoms with Crippen LogP contribution in [0.4, 0.5) is 11.4 Å². The van der Waals surface area contributed by atoms with Crippen LogP contribution in [0.25, 0.3) is 6.08 Å². The van der Waals surface area contributed by atoms with Crippen molar-refractivity contribution in [3.63, 3.8) is 0 Å². The van der Waals surface area contributed by atoms with Crippen LogP contribution in [0.2, 0.25) is 0 Å². The Labute approximate surface area is 187 Å². The van der Waals surface area contributed by atoms with Crippen LogP contribution in [0, 0.1) is 17.0 Å². The number of amides is 2. The molecule has 0 unspecified atom stereocenters. The zero-order valence-electron chi connectivity index (χ0n) is 16.5. The lowest BCUT2D eigenvalue weighted by molar-refractivity contribution is -0.384. The summed E-state index contributed by atoms with van der Waals surface area (Å²) >= 11 is 3.32. The first kappa shape index (κ1) is 21.9. The predicted molar refractivity (Wildman–Crippen MR) is 122 cm³/mol. The number of nitro benzene ring substituents is 1. The Morgan fingerprint density at radius 3 is 2.45 bits per heavy atom. The molecule has 0 fully saturated rings. The van der Waals surface area contributed by atoms with Gasteiger partial charge in [-0.3, -0.25) is 19.7 Å². The summed E-state index contributed by atoms with van der Waals surface area (Å²) < 4.78 is 0.571. The molecule has 0 aliphatic heterocycles. The van der Waals surface area contributed by atoms with E-state index in [0.29, 0.717) is 21.3 Å². The monoisotopic (exact) mass is 479 g/mol. The van der Waals surface area contributed by atoms with E-state index in [-0.39, 0.29) is 11.4 Å². The first-order chi connectivity index (χ1) is 14.8. The summed E-state index contributed by atoms with van der Waals surface area (Å²) in [5.74, 6) is -1.05. The topological polar surface area (TPSA) is 101 Å². The maximum Gasteiger partial charge on any atom is 0.272 e. The van der Waals surface area contributed by atoms with Crippen molar-refractivity contribution in [3.05, 3.63) is 110 Å². The molecule has 31 heavy (non-hydrogen) atoms. The minimum atomic E-state index is -0.558. The molecule has 0 aliphatic carbocycles. The van der Waals surface area contributed by atoms with Gasteiger partial charge in [-0.2, -0.15) is 0 Å². The summed E-state index contributed by atoms with van der Waals surface area (Å²) in [4.78, 5) is 36.3. The molecule has 7 nitrogen and oxygen atoms in total. The van der Waals surface area contributed by atoms with Crippen molar-refractivity contribution in [1.29, 1.82) is 0 Å². The molecule has 0 aliphatic rings. The van der Waals surface area contributed by atoms with Crippen LogP contribution in [0.1, 0.15) is 21.5 Å². The molecular weight excluding hydrogens is 462 g/mol. The van der Waals surface area contributed by atoms with Crippen molar-refractivity contribution in [1.82, 2.24) is 5.32 Å². The molecule has 8 heteroatoms. The fourth-order valence-electron chi connectivity index (χ4n) is 2.81. The van der Waals surface area contributed by atoms with Crippen molar-refractivity contribution in [2.24, 2.45) is 0 Å². The molecule has 0 aromatic heterocycles. The summed E-state index contributed by atoms with van der Waals surface area (Å²) in [6, 6.07) is 19.8. The Hall–Kier alpha value is -3.78. The van der Waals surface area contributed by atoms with Crippen LogP contribution in [0.3, 0.4) is 0 Å². The van der Waals surface area contributed by atoms with Crippen LogP contribution >= 0.6 is 15.9 Å². The highest BCUT2D eigenvalue weighted by molar-refractivity contribution is 9.10. The van der Waals surface area contributed by atoms with Gasteiger partial charge in [0.1, 0.15) is 5.70 Å². The average molecular weight is 480 g/mol. The number of nitrogens with zero attached hydrogens (tertiary/aromatic N) is 1. The second-order valence-electron chi connectivity index (χ2n) is 6.67. The van der Waals surface area contributed by atoms with Crippen molar-refractivity contribution >= 4 is 45.2 Å². The average Bonchev–Trinajstić information content (AvgIpc) is 2.73. The molecule has 3 aromatic carbocycles. The molecule has 0 heterocycles. The lowest BCUT2D eigenvalue weighted by Gasteiger charge is -2.12. The molecule has 156 valence electrons. The van der Waals surface area contributed by atoms with Gasteiger partial charge in [-0.05, 0) is 64.3 Å². The third-order valence-electron chi connectivity index (χ3n) is 4.28. The van der Waals surface area contributed by atoms with Crippen molar-refractivity contribution in [2.75, 3.05) is 5.32 Å². The van der Waals surface area contributed by atoms with E-state index in [1.807, 2.05) is 13.0 Å². The van der Waals surface area contributed by atoms with Crippen LogP contribution in [0.15, 0.2) is 83.0 Å². The standard InChI is InChI=1S/C23H18BrN3O4/c1-15-6-4-8-17(12-15)25-23(29)21(14-16-7-5-9-18(13-16)27(30)31)26-22(28)19-10-2-3-11-20(19)24/h2-14H,1H3,(H,25,29)(H,26,28)/b21-14-. The van der Waals surface area contributed by atoms with Gasteiger partial charge in [-0.25, -0.2) is 0 Å². The molecule has 0 radical (unpaired) electrons. The molecule has 3 rings (SSSR count). The first-order valence-corrected chi connectivity index (χ1v) is 10.0. The van der Waals surface area contributed by atoms with Gasteiger partial charge < -0.3 is 10.6 Å². The number of carbonyl (C=O) groups is 2. The van der Waals surface area contributed by atoms with E-state index in [4.69, 9.17) is 0 Å². The van der Waals surface area contributed by atoms with E-state index in [1.54, 1.807) is 48.5 Å². The Balaban J connectivity index is 1.95. The largest absolute Gasteiger partial charge is 0.321 e. The minimum absolute atomic E-state index is 0.0530. The molecule has 0 saturated carbocycles. The highest BCUT2D eigenvalue weighted by Gasteiger charge is 2.17. The van der Waals surface area contributed by atoms with Crippen LogP contribution < -0.4 is 10.6 Å². The zero-order valence-corrected chi connectivity index (χ0v) is 18.0. The van der Waals surface area contributed by atoms with Crippen LogP contribution in [0.5, 0.6) is 0 Å². The van der Waals surface area contributed by atoms with Gasteiger partial charge in [0.05, 0.1) is 10.5 Å². The molecule has 0 bridgehead atoms. The number of hydrogen-bond donors (Lipinski definition) is 2. The van der Waals surface area contributed by atoms with Crippen molar-refractivity contribution in [2.45, 2.75) is 6.92 Å². The van der Waals surface area contributed by atoms with E-state index in [2.05, 4.69) is 26.6 Å². The second-order valence-corrected chi connectivity index (χ2v) is 7.52. The maximum atomic E-state index is 13.0. The van der Waals surface area contributed by atoms with Crippen molar-refractivity contribution < 1.29 is 14.5 Å². The summed E-state index contributed by atoms with van der Waals surface area (Å²) in [5, 5.41) is 16.4. The Morgan fingerprint density at radius 1 is 1.00 bits per heavy atom. The zero-order chi connectivity index (χ0) is 22.4. The van der Waals surface area contributed by atoms with Gasteiger partial charge in [0.15, 0.2) is 0 Å². The first-order valence-electron chi connectivity index (χ1n) is 9.23. The lowest BCUT2D eigenvalue weighted by Crippen LogP contribution is -2.31. The van der Waals surface area contributed by atoms with Crippen LogP contribution in [-0.2, 0) is 4.79 Å². The van der Waals surface area contributed by atoms with Gasteiger partial charge in [0.2, 0.25) is 0 Å². The summed E-state index contributed by atoms with van der Waals surface area (Å²) in [6.45, 7) is 1.89. The van der Waals surface area contributed by atoms with Gasteiger partial charge in [-0.1, -0.05) is 36.4 Å². The summed E-state index contributed by atoms with van der Waals surface area (Å²) in [7, 11) is 0. The molecule has 3 aromatic rings. The fraction of sp³-hybridized carbons (Fsp3) is 0.0435. The third kappa shape index (κ3) is 5.86. The SMILES string of the molecule is Cc1cccc(NC(=O)/C(=C/c2cccc([N+](=O)[O-])c2)NC(=O)c2ccccc2Br)c1. The van der Waals surface area contributed by atoms with Gasteiger partial charge in [0, 0.05) is 22.3 Å². The quantitative estimate of drug-likeness (QED) is 0.292. The number of halogens is 1. The number of carbonyl (C=O) groups excluding carboxylic acids is 2. The number of non-ortho nitro benzene ring substituents is 1. The van der Waals surface area contributed by atoms with Gasteiger partial charge in [-0.15, -0.1) is 0 Å². The number of anilines is 1. The molecule has 2 N–H and O–H groups in total. The molecule has 0 atom stereocenters. The number of nitro groups is 1. The Kier molecular flexibility index (Phi) is 6.94. The number of rotatable bonds is 6. The third-order valence-corrected chi connectivity index (χ3v) is 4.97. The highest BCUT2D eigenvalue weighted by Crippen LogP contribution is 2.19. The number of nitrogens with one attached hydrogen (secondary N) is 2. The lowest BCUT2D eigenvalue weighted by atomic mass is 10.1. The number of hydrogen-bond acceptors (Lipinski definition) is 4. The van der Waals surface area contributed by atoms with Crippen molar-refractivity contribution in [3.8, 4) is 0 Å². The maximum absolute atomic E-state index is 13.0. The van der Waals surface area contributed by atoms with E-state index >= 15 is 0 Å². The number of benzene rings is 3. The Morgan fingerprint density at radius 2 is 1.74 bits per heavy atom. The molecule has 0 spiro atoms. The van der Waals surface area contributed by atoms with Crippen LogP contribution in [-0.4, -0.2) is 16.7 Å². The normalized spacial score (nSPS) is 11.0. The van der Waals surface area contributed by atoms with Gasteiger partial charge >= 0.3 is 0 Å².